The Labute approximate surface area is 149 Å². The standard InChI is InChI=1S/C18H24FN3O2S/c1-21(2)15-11-9-14(10-12-15)17(22(3)4)13-20-25(23,24)18-8-6-5-7-16(18)19/h5-12,17,20H,13H2,1-4H3/t17-/m0/s1. The van der Waals surface area contributed by atoms with Crippen LogP contribution in [0, 0.1) is 5.82 Å². The van der Waals surface area contributed by atoms with Crippen LogP contribution in [-0.4, -0.2) is 48.1 Å². The summed E-state index contributed by atoms with van der Waals surface area (Å²) in [6.45, 7) is 0.144. The Morgan fingerprint density at radius 2 is 1.60 bits per heavy atom. The number of rotatable bonds is 7. The van der Waals surface area contributed by atoms with Crippen molar-refractivity contribution < 1.29 is 12.8 Å². The SMILES string of the molecule is CN(C)c1ccc([C@H](CNS(=O)(=O)c2ccccc2F)N(C)C)cc1. The highest BCUT2D eigenvalue weighted by atomic mass is 32.2. The molecule has 1 N–H and O–H groups in total. The fourth-order valence-electron chi connectivity index (χ4n) is 2.52. The van der Waals surface area contributed by atoms with Crippen molar-refractivity contribution in [2.45, 2.75) is 10.9 Å². The van der Waals surface area contributed by atoms with E-state index in [2.05, 4.69) is 4.72 Å². The highest BCUT2D eigenvalue weighted by Crippen LogP contribution is 2.22. The van der Waals surface area contributed by atoms with Gasteiger partial charge in [0.25, 0.3) is 0 Å². The largest absolute Gasteiger partial charge is 0.378 e. The maximum absolute atomic E-state index is 13.8. The van der Waals surface area contributed by atoms with Gasteiger partial charge in [-0.1, -0.05) is 24.3 Å². The van der Waals surface area contributed by atoms with Crippen LogP contribution in [0.3, 0.4) is 0 Å². The van der Waals surface area contributed by atoms with E-state index in [1.165, 1.54) is 18.2 Å². The van der Waals surface area contributed by atoms with Crippen LogP contribution >= 0.6 is 0 Å². The lowest BCUT2D eigenvalue weighted by Crippen LogP contribution is -2.34. The summed E-state index contributed by atoms with van der Waals surface area (Å²) in [5.41, 5.74) is 2.04. The van der Waals surface area contributed by atoms with Gasteiger partial charge in [-0.25, -0.2) is 17.5 Å². The number of anilines is 1. The van der Waals surface area contributed by atoms with Gasteiger partial charge in [-0.2, -0.15) is 0 Å². The number of hydrogen-bond acceptors (Lipinski definition) is 4. The molecular formula is C18H24FN3O2S. The fraction of sp³-hybridized carbons (Fsp3) is 0.333. The Bertz CT molecular complexity index is 805. The second-order valence-electron chi connectivity index (χ2n) is 6.25. The summed E-state index contributed by atoms with van der Waals surface area (Å²) >= 11 is 0. The molecule has 2 aromatic rings. The normalized spacial score (nSPS) is 13.0. The molecule has 0 heterocycles. The topological polar surface area (TPSA) is 52.7 Å². The second kappa shape index (κ2) is 7.95. The van der Waals surface area contributed by atoms with Crippen LogP contribution in [0.25, 0.3) is 0 Å². The molecule has 0 amide bonds. The van der Waals surface area contributed by atoms with Gasteiger partial charge in [0, 0.05) is 32.4 Å². The Morgan fingerprint density at radius 3 is 2.12 bits per heavy atom. The second-order valence-corrected chi connectivity index (χ2v) is 7.98. The van der Waals surface area contributed by atoms with E-state index in [0.717, 1.165) is 17.3 Å². The van der Waals surface area contributed by atoms with Crippen molar-refractivity contribution in [3.8, 4) is 0 Å². The lowest BCUT2D eigenvalue weighted by molar-refractivity contribution is 0.299. The summed E-state index contributed by atoms with van der Waals surface area (Å²) in [5.74, 6) is -0.758. The molecule has 0 saturated heterocycles. The summed E-state index contributed by atoms with van der Waals surface area (Å²) in [6.07, 6.45) is 0. The number of halogens is 1. The van der Waals surface area contributed by atoms with Gasteiger partial charge in [-0.3, -0.25) is 0 Å². The molecule has 0 bridgehead atoms. The minimum Gasteiger partial charge on any atom is -0.378 e. The zero-order valence-corrected chi connectivity index (χ0v) is 15.7. The van der Waals surface area contributed by atoms with Gasteiger partial charge in [0.2, 0.25) is 10.0 Å². The summed E-state index contributed by atoms with van der Waals surface area (Å²) in [5, 5.41) is 0. The lowest BCUT2D eigenvalue weighted by Gasteiger charge is -2.25. The predicted molar refractivity (Wildman–Crippen MR) is 98.8 cm³/mol. The average molecular weight is 365 g/mol. The summed E-state index contributed by atoms with van der Waals surface area (Å²) in [7, 11) is 3.76. The number of nitrogens with zero attached hydrogens (tertiary/aromatic N) is 2. The van der Waals surface area contributed by atoms with E-state index in [9.17, 15) is 12.8 Å². The smallest absolute Gasteiger partial charge is 0.243 e. The molecule has 0 aliphatic heterocycles. The first-order chi connectivity index (χ1) is 11.7. The van der Waals surface area contributed by atoms with Crippen molar-refractivity contribution >= 4 is 15.7 Å². The van der Waals surface area contributed by atoms with E-state index in [1.54, 1.807) is 0 Å². The van der Waals surface area contributed by atoms with Crippen molar-refractivity contribution in [3.63, 3.8) is 0 Å². The van der Waals surface area contributed by atoms with Crippen molar-refractivity contribution in [2.75, 3.05) is 39.6 Å². The number of hydrogen-bond donors (Lipinski definition) is 1. The molecule has 2 aromatic carbocycles. The van der Waals surface area contributed by atoms with Gasteiger partial charge in [0.05, 0.1) is 0 Å². The van der Waals surface area contributed by atoms with Gasteiger partial charge < -0.3 is 9.80 Å². The first-order valence-corrected chi connectivity index (χ1v) is 9.38. The van der Waals surface area contributed by atoms with E-state index in [0.29, 0.717) is 0 Å². The molecule has 0 radical (unpaired) electrons. The van der Waals surface area contributed by atoms with Crippen LogP contribution < -0.4 is 9.62 Å². The molecule has 0 fully saturated rings. The molecule has 136 valence electrons. The van der Waals surface area contributed by atoms with E-state index in [4.69, 9.17) is 0 Å². The molecule has 0 aliphatic rings. The van der Waals surface area contributed by atoms with E-state index in [-0.39, 0.29) is 17.5 Å². The van der Waals surface area contributed by atoms with E-state index < -0.39 is 15.8 Å². The number of nitrogens with one attached hydrogen (secondary N) is 1. The molecule has 0 unspecified atom stereocenters. The van der Waals surface area contributed by atoms with Crippen molar-refractivity contribution in [3.05, 3.63) is 59.9 Å². The Morgan fingerprint density at radius 1 is 1.00 bits per heavy atom. The van der Waals surface area contributed by atoms with Crippen LogP contribution in [0.4, 0.5) is 10.1 Å². The Balaban J connectivity index is 2.18. The predicted octanol–water partition coefficient (Wildman–Crippen LogP) is 2.47. The molecule has 25 heavy (non-hydrogen) atoms. The van der Waals surface area contributed by atoms with Gasteiger partial charge in [0.15, 0.2) is 0 Å². The lowest BCUT2D eigenvalue weighted by atomic mass is 10.1. The van der Waals surface area contributed by atoms with Crippen LogP contribution in [-0.2, 0) is 10.0 Å². The third kappa shape index (κ3) is 4.78. The van der Waals surface area contributed by atoms with E-state index in [1.807, 2.05) is 62.3 Å². The zero-order chi connectivity index (χ0) is 18.6. The maximum atomic E-state index is 13.8. The molecule has 7 heteroatoms. The van der Waals surface area contributed by atoms with E-state index >= 15 is 0 Å². The molecule has 0 aliphatic carbocycles. The minimum atomic E-state index is -3.91. The molecule has 0 spiro atoms. The highest BCUT2D eigenvalue weighted by Gasteiger charge is 2.22. The van der Waals surface area contributed by atoms with Gasteiger partial charge in [0.1, 0.15) is 10.7 Å². The van der Waals surface area contributed by atoms with Crippen LogP contribution in [0.5, 0.6) is 0 Å². The summed E-state index contributed by atoms with van der Waals surface area (Å²) < 4.78 is 41.0. The molecular weight excluding hydrogens is 341 g/mol. The minimum absolute atomic E-state index is 0.144. The molecule has 0 aromatic heterocycles. The summed E-state index contributed by atoms with van der Waals surface area (Å²) in [6, 6.07) is 13.1. The third-order valence-corrected chi connectivity index (χ3v) is 5.47. The van der Waals surface area contributed by atoms with Crippen molar-refractivity contribution in [2.24, 2.45) is 0 Å². The monoisotopic (exact) mass is 365 g/mol. The van der Waals surface area contributed by atoms with Gasteiger partial charge >= 0.3 is 0 Å². The Kier molecular flexibility index (Phi) is 6.16. The summed E-state index contributed by atoms with van der Waals surface area (Å²) in [4.78, 5) is 3.58. The molecule has 1 atom stereocenters. The fourth-order valence-corrected chi connectivity index (χ4v) is 3.64. The maximum Gasteiger partial charge on any atom is 0.243 e. The van der Waals surface area contributed by atoms with Crippen molar-refractivity contribution in [1.82, 2.24) is 9.62 Å². The number of sulfonamides is 1. The highest BCUT2D eigenvalue weighted by molar-refractivity contribution is 7.89. The zero-order valence-electron chi connectivity index (χ0n) is 14.9. The van der Waals surface area contributed by atoms with Crippen LogP contribution in [0.15, 0.2) is 53.4 Å². The molecule has 0 saturated carbocycles. The molecule has 5 nitrogen and oxygen atoms in total. The third-order valence-electron chi connectivity index (χ3n) is 4.01. The van der Waals surface area contributed by atoms with Crippen LogP contribution in [0.2, 0.25) is 0 Å². The average Bonchev–Trinajstić information content (AvgIpc) is 2.55. The van der Waals surface area contributed by atoms with Crippen LogP contribution in [0.1, 0.15) is 11.6 Å². The van der Waals surface area contributed by atoms with Crippen molar-refractivity contribution in [1.29, 1.82) is 0 Å². The number of benzene rings is 2. The molecule has 2 rings (SSSR count). The number of likely N-dealkylation sites (N-methyl/N-ethyl adjacent to an activating group) is 1. The van der Waals surface area contributed by atoms with Gasteiger partial charge in [-0.15, -0.1) is 0 Å². The first-order valence-electron chi connectivity index (χ1n) is 7.90. The van der Waals surface area contributed by atoms with Gasteiger partial charge in [-0.05, 0) is 43.9 Å². The quantitative estimate of drug-likeness (QED) is 0.819. The first kappa shape index (κ1) is 19.4. The Hall–Kier alpha value is -1.96.